The number of hydrogen-bond donors (Lipinski definition) is 1. The molecule has 1 aromatic carbocycles. The first-order valence-electron chi connectivity index (χ1n) is 8.00. The minimum atomic E-state index is 0.160. The molecule has 0 aromatic heterocycles. The summed E-state index contributed by atoms with van der Waals surface area (Å²) in [4.78, 5) is 0. The van der Waals surface area contributed by atoms with Gasteiger partial charge in [-0.05, 0) is 34.5 Å². The van der Waals surface area contributed by atoms with E-state index >= 15 is 0 Å². The highest BCUT2D eigenvalue weighted by Crippen LogP contribution is 2.45. The van der Waals surface area contributed by atoms with Crippen molar-refractivity contribution in [2.24, 2.45) is 16.7 Å². The SMILES string of the molecule is C=CC1=CC(CC(C)(C)C(C)(C)C)C=C(O)c2ccccc21. The summed E-state index contributed by atoms with van der Waals surface area (Å²) in [6, 6.07) is 7.98. The van der Waals surface area contributed by atoms with Crippen LogP contribution in [0.2, 0.25) is 0 Å². The fraction of sp³-hybridized carbons (Fsp3) is 0.429. The lowest BCUT2D eigenvalue weighted by Gasteiger charge is -2.40. The van der Waals surface area contributed by atoms with E-state index < -0.39 is 0 Å². The third-order valence-electron chi connectivity index (χ3n) is 5.28. The minimum absolute atomic E-state index is 0.160. The summed E-state index contributed by atoms with van der Waals surface area (Å²) in [7, 11) is 0. The van der Waals surface area contributed by atoms with Gasteiger partial charge in [0.1, 0.15) is 5.76 Å². The standard InChI is InChI=1S/C21H28O/c1-7-16-12-15(14-21(5,6)20(2,3)4)13-19(22)18-11-9-8-10-17(16)18/h7-13,15,22H,1,14H2,2-6H3. The van der Waals surface area contributed by atoms with Crippen molar-refractivity contribution in [3.8, 4) is 0 Å². The monoisotopic (exact) mass is 296 g/mol. The zero-order valence-corrected chi connectivity index (χ0v) is 14.5. The molecule has 1 N–H and O–H groups in total. The average molecular weight is 296 g/mol. The zero-order valence-electron chi connectivity index (χ0n) is 14.5. The van der Waals surface area contributed by atoms with Gasteiger partial charge in [0.15, 0.2) is 0 Å². The van der Waals surface area contributed by atoms with Crippen LogP contribution < -0.4 is 0 Å². The average Bonchev–Trinajstić information content (AvgIpc) is 2.55. The summed E-state index contributed by atoms with van der Waals surface area (Å²) in [6.45, 7) is 15.4. The van der Waals surface area contributed by atoms with Gasteiger partial charge in [0.05, 0.1) is 0 Å². The van der Waals surface area contributed by atoms with Crippen molar-refractivity contribution in [2.75, 3.05) is 0 Å². The van der Waals surface area contributed by atoms with Gasteiger partial charge in [-0.15, -0.1) is 0 Å². The van der Waals surface area contributed by atoms with Crippen LogP contribution in [-0.4, -0.2) is 5.11 Å². The van der Waals surface area contributed by atoms with E-state index in [0.717, 1.165) is 23.1 Å². The molecule has 1 nitrogen and oxygen atoms in total. The maximum Gasteiger partial charge on any atom is 0.120 e. The molecule has 0 radical (unpaired) electrons. The van der Waals surface area contributed by atoms with E-state index in [9.17, 15) is 5.11 Å². The molecule has 1 aliphatic carbocycles. The van der Waals surface area contributed by atoms with Crippen molar-refractivity contribution in [1.82, 2.24) is 0 Å². The van der Waals surface area contributed by atoms with Gasteiger partial charge >= 0.3 is 0 Å². The van der Waals surface area contributed by atoms with Crippen LogP contribution in [0.25, 0.3) is 11.3 Å². The summed E-state index contributed by atoms with van der Waals surface area (Å²) in [6.07, 6.45) is 7.11. The topological polar surface area (TPSA) is 20.2 Å². The van der Waals surface area contributed by atoms with Gasteiger partial charge in [-0.2, -0.15) is 0 Å². The molecular formula is C21H28O. The fourth-order valence-electron chi connectivity index (χ4n) is 2.81. The van der Waals surface area contributed by atoms with Crippen LogP contribution in [0.1, 0.15) is 52.2 Å². The van der Waals surface area contributed by atoms with Gasteiger partial charge in [-0.25, -0.2) is 0 Å². The van der Waals surface area contributed by atoms with Crippen LogP contribution in [0, 0.1) is 16.7 Å². The summed E-state index contributed by atoms with van der Waals surface area (Å²) >= 11 is 0. The summed E-state index contributed by atoms with van der Waals surface area (Å²) in [5.41, 5.74) is 3.42. The smallest absolute Gasteiger partial charge is 0.120 e. The lowest BCUT2D eigenvalue weighted by Crippen LogP contribution is -2.31. The van der Waals surface area contributed by atoms with Gasteiger partial charge in [0.25, 0.3) is 0 Å². The van der Waals surface area contributed by atoms with Crippen LogP contribution in [0.5, 0.6) is 0 Å². The molecular weight excluding hydrogens is 268 g/mol. The number of fused-ring (bicyclic) bond motifs is 1. The first-order valence-corrected chi connectivity index (χ1v) is 8.00. The van der Waals surface area contributed by atoms with Crippen molar-refractivity contribution in [2.45, 2.75) is 41.0 Å². The Labute approximate surface area is 135 Å². The number of allylic oxidation sites excluding steroid dienone is 4. The van der Waals surface area contributed by atoms with E-state index in [4.69, 9.17) is 0 Å². The Morgan fingerprint density at radius 2 is 1.64 bits per heavy atom. The molecule has 0 heterocycles. The molecule has 0 aliphatic heterocycles. The second-order valence-corrected chi connectivity index (χ2v) is 7.93. The van der Waals surface area contributed by atoms with Gasteiger partial charge in [0, 0.05) is 11.5 Å². The number of aliphatic hydroxyl groups is 1. The van der Waals surface area contributed by atoms with Crippen molar-refractivity contribution in [3.05, 3.63) is 60.2 Å². The van der Waals surface area contributed by atoms with Crippen LogP contribution in [-0.2, 0) is 0 Å². The zero-order chi connectivity index (χ0) is 16.5. The molecule has 0 spiro atoms. The van der Waals surface area contributed by atoms with Gasteiger partial charge < -0.3 is 5.11 Å². The molecule has 0 fully saturated rings. The first-order chi connectivity index (χ1) is 10.2. The molecule has 1 atom stereocenters. The molecule has 1 aromatic rings. The molecule has 22 heavy (non-hydrogen) atoms. The van der Waals surface area contributed by atoms with E-state index in [2.05, 4.69) is 47.3 Å². The van der Waals surface area contributed by atoms with Gasteiger partial charge in [0.2, 0.25) is 0 Å². The quantitative estimate of drug-likeness (QED) is 0.699. The number of aliphatic hydroxyl groups excluding tert-OH is 1. The Balaban J connectivity index is 2.44. The van der Waals surface area contributed by atoms with Crippen molar-refractivity contribution in [1.29, 1.82) is 0 Å². The second kappa shape index (κ2) is 5.79. The highest BCUT2D eigenvalue weighted by molar-refractivity contribution is 5.83. The Kier molecular flexibility index (Phi) is 4.37. The highest BCUT2D eigenvalue weighted by Gasteiger charge is 2.34. The van der Waals surface area contributed by atoms with Crippen LogP contribution >= 0.6 is 0 Å². The molecule has 0 saturated heterocycles. The molecule has 0 saturated carbocycles. The van der Waals surface area contributed by atoms with Gasteiger partial charge in [-0.1, -0.05) is 77.6 Å². The van der Waals surface area contributed by atoms with E-state index in [0.29, 0.717) is 5.76 Å². The van der Waals surface area contributed by atoms with E-state index in [1.807, 2.05) is 36.4 Å². The predicted molar refractivity (Wildman–Crippen MR) is 96.6 cm³/mol. The van der Waals surface area contributed by atoms with Crippen molar-refractivity contribution >= 4 is 11.3 Å². The van der Waals surface area contributed by atoms with E-state index in [-0.39, 0.29) is 16.7 Å². The van der Waals surface area contributed by atoms with E-state index in [1.54, 1.807) is 0 Å². The van der Waals surface area contributed by atoms with Crippen molar-refractivity contribution < 1.29 is 5.11 Å². The molecule has 0 amide bonds. The van der Waals surface area contributed by atoms with Crippen LogP contribution in [0.4, 0.5) is 0 Å². The van der Waals surface area contributed by atoms with Crippen LogP contribution in [0.15, 0.2) is 49.1 Å². The Hall–Kier alpha value is -1.76. The predicted octanol–water partition coefficient (Wildman–Crippen LogP) is 6.25. The normalized spacial score (nSPS) is 18.9. The Bertz CT molecular complexity index is 624. The molecule has 2 rings (SSSR count). The Morgan fingerprint density at radius 3 is 2.18 bits per heavy atom. The summed E-state index contributed by atoms with van der Waals surface area (Å²) < 4.78 is 0. The maximum absolute atomic E-state index is 10.5. The minimum Gasteiger partial charge on any atom is -0.508 e. The third-order valence-corrected chi connectivity index (χ3v) is 5.28. The summed E-state index contributed by atoms with van der Waals surface area (Å²) in [5.74, 6) is 0.577. The molecule has 1 aliphatic rings. The number of hydrogen-bond acceptors (Lipinski definition) is 1. The fourth-order valence-corrected chi connectivity index (χ4v) is 2.81. The largest absolute Gasteiger partial charge is 0.508 e. The number of rotatable bonds is 3. The van der Waals surface area contributed by atoms with Crippen LogP contribution in [0.3, 0.4) is 0 Å². The number of benzene rings is 1. The highest BCUT2D eigenvalue weighted by atomic mass is 16.3. The second-order valence-electron chi connectivity index (χ2n) is 7.93. The molecule has 1 unspecified atom stereocenters. The van der Waals surface area contributed by atoms with Crippen molar-refractivity contribution in [3.63, 3.8) is 0 Å². The molecule has 0 bridgehead atoms. The van der Waals surface area contributed by atoms with Gasteiger partial charge in [-0.3, -0.25) is 0 Å². The summed E-state index contributed by atoms with van der Waals surface area (Å²) in [5, 5.41) is 10.5. The third kappa shape index (κ3) is 3.19. The Morgan fingerprint density at radius 1 is 1.05 bits per heavy atom. The first kappa shape index (κ1) is 16.6. The lowest BCUT2D eigenvalue weighted by atomic mass is 9.65. The van der Waals surface area contributed by atoms with E-state index in [1.165, 1.54) is 0 Å². The maximum atomic E-state index is 10.5. The molecule has 1 heteroatoms. The lowest BCUT2D eigenvalue weighted by molar-refractivity contribution is 0.111. The molecule has 118 valence electrons.